The molecule has 1 saturated heterocycles. The van der Waals surface area contributed by atoms with Gasteiger partial charge in [0.2, 0.25) is 0 Å². The lowest BCUT2D eigenvalue weighted by Gasteiger charge is -2.28. The molecule has 0 aliphatic carbocycles. The third-order valence-electron chi connectivity index (χ3n) is 4.03. The number of amides is 2. The highest BCUT2D eigenvalue weighted by Crippen LogP contribution is 2.15. The van der Waals surface area contributed by atoms with Crippen LogP contribution < -0.4 is 10.6 Å². The predicted octanol–water partition coefficient (Wildman–Crippen LogP) is 1.57. The zero-order chi connectivity index (χ0) is 15.0. The monoisotopic (exact) mass is 285 g/mol. The molecule has 5 nitrogen and oxygen atoms in total. The molecule has 1 aliphatic rings. The number of hydrogen-bond acceptors (Lipinski definition) is 3. The molecule has 0 saturated carbocycles. The van der Waals surface area contributed by atoms with Crippen molar-refractivity contribution in [2.24, 2.45) is 5.92 Å². The average Bonchev–Trinajstić information content (AvgIpc) is 2.85. The maximum atomic E-state index is 11.9. The van der Waals surface area contributed by atoms with Crippen molar-refractivity contribution in [2.75, 3.05) is 32.8 Å². The lowest BCUT2D eigenvalue weighted by atomic mass is 9.97. The van der Waals surface area contributed by atoms with E-state index < -0.39 is 5.54 Å². The number of rotatable bonds is 8. The van der Waals surface area contributed by atoms with Gasteiger partial charge in [-0.2, -0.15) is 0 Å². The van der Waals surface area contributed by atoms with Gasteiger partial charge < -0.3 is 20.6 Å². The zero-order valence-electron chi connectivity index (χ0n) is 13.2. The fourth-order valence-corrected chi connectivity index (χ4v) is 2.89. The summed E-state index contributed by atoms with van der Waals surface area (Å²) in [4.78, 5) is 14.4. The summed E-state index contributed by atoms with van der Waals surface area (Å²) in [5, 5.41) is 15.2. The van der Waals surface area contributed by atoms with Gasteiger partial charge in [0.15, 0.2) is 0 Å². The van der Waals surface area contributed by atoms with Crippen LogP contribution in [-0.4, -0.2) is 54.4 Å². The van der Waals surface area contributed by atoms with Crippen LogP contribution in [0.4, 0.5) is 4.79 Å². The third-order valence-corrected chi connectivity index (χ3v) is 4.03. The van der Waals surface area contributed by atoms with Crippen LogP contribution in [0.15, 0.2) is 0 Å². The third kappa shape index (κ3) is 5.67. The summed E-state index contributed by atoms with van der Waals surface area (Å²) in [5.74, 6) is 0.554. The van der Waals surface area contributed by atoms with Crippen LogP contribution in [0.2, 0.25) is 0 Å². The Morgan fingerprint density at radius 2 is 2.15 bits per heavy atom. The summed E-state index contributed by atoms with van der Waals surface area (Å²) in [5.41, 5.74) is -0.511. The molecule has 1 aliphatic heterocycles. The molecule has 2 amide bonds. The van der Waals surface area contributed by atoms with Gasteiger partial charge in [-0.1, -0.05) is 20.3 Å². The minimum atomic E-state index is -0.511. The smallest absolute Gasteiger partial charge is 0.315 e. The van der Waals surface area contributed by atoms with Crippen LogP contribution in [0.3, 0.4) is 0 Å². The second kappa shape index (κ2) is 8.47. The summed E-state index contributed by atoms with van der Waals surface area (Å²) in [7, 11) is 0. The second-order valence-electron chi connectivity index (χ2n) is 6.26. The Morgan fingerprint density at radius 1 is 1.40 bits per heavy atom. The van der Waals surface area contributed by atoms with Crippen molar-refractivity contribution in [3.05, 3.63) is 0 Å². The molecule has 0 spiro atoms. The molecule has 2 unspecified atom stereocenters. The molecule has 3 N–H and O–H groups in total. The maximum Gasteiger partial charge on any atom is 0.315 e. The van der Waals surface area contributed by atoms with Gasteiger partial charge in [-0.3, -0.25) is 0 Å². The molecule has 5 heteroatoms. The van der Waals surface area contributed by atoms with E-state index in [1.165, 1.54) is 6.42 Å². The Kier molecular flexibility index (Phi) is 7.30. The highest BCUT2D eigenvalue weighted by Gasteiger charge is 2.26. The summed E-state index contributed by atoms with van der Waals surface area (Å²) in [6, 6.07) is -0.163. The van der Waals surface area contributed by atoms with E-state index in [0.29, 0.717) is 5.92 Å². The van der Waals surface area contributed by atoms with Crippen LogP contribution in [0, 0.1) is 5.92 Å². The Balaban J connectivity index is 2.26. The number of hydrogen-bond donors (Lipinski definition) is 3. The van der Waals surface area contributed by atoms with E-state index in [1.54, 1.807) is 0 Å². The van der Waals surface area contributed by atoms with Crippen LogP contribution in [-0.2, 0) is 0 Å². The first-order valence-corrected chi connectivity index (χ1v) is 7.92. The van der Waals surface area contributed by atoms with Gasteiger partial charge in [-0.05, 0) is 45.2 Å². The first kappa shape index (κ1) is 17.2. The quantitative estimate of drug-likeness (QED) is 0.634. The molecule has 2 atom stereocenters. The lowest BCUT2D eigenvalue weighted by molar-refractivity contribution is 0.163. The van der Waals surface area contributed by atoms with Crippen LogP contribution in [0.25, 0.3) is 0 Å². The largest absolute Gasteiger partial charge is 0.394 e. The summed E-state index contributed by atoms with van der Waals surface area (Å²) < 4.78 is 0. The number of aliphatic hydroxyl groups excluding tert-OH is 1. The van der Waals surface area contributed by atoms with Gasteiger partial charge >= 0.3 is 6.03 Å². The fraction of sp³-hybridized carbons (Fsp3) is 0.933. The first-order chi connectivity index (χ1) is 9.53. The number of likely N-dealkylation sites (tertiary alicyclic amines) is 1. The van der Waals surface area contributed by atoms with Gasteiger partial charge in [0.05, 0.1) is 12.1 Å². The molecule has 0 radical (unpaired) electrons. The molecular weight excluding hydrogens is 254 g/mol. The van der Waals surface area contributed by atoms with Crippen molar-refractivity contribution in [1.82, 2.24) is 15.5 Å². The maximum absolute atomic E-state index is 11.9. The Bertz CT molecular complexity index is 299. The molecule has 118 valence electrons. The predicted molar refractivity (Wildman–Crippen MR) is 81.8 cm³/mol. The van der Waals surface area contributed by atoms with Gasteiger partial charge in [-0.25, -0.2) is 4.79 Å². The molecule has 1 heterocycles. The van der Waals surface area contributed by atoms with Crippen LogP contribution in [0.1, 0.15) is 46.5 Å². The van der Waals surface area contributed by atoms with Gasteiger partial charge in [0, 0.05) is 13.1 Å². The minimum absolute atomic E-state index is 0.0258. The molecule has 0 bridgehead atoms. The van der Waals surface area contributed by atoms with Crippen molar-refractivity contribution in [1.29, 1.82) is 0 Å². The number of nitrogens with one attached hydrogen (secondary N) is 2. The molecular formula is C15H31N3O2. The minimum Gasteiger partial charge on any atom is -0.394 e. The molecule has 0 aromatic carbocycles. The van der Waals surface area contributed by atoms with Crippen LogP contribution in [0.5, 0.6) is 0 Å². The SMILES string of the molecule is CCCN1CCC(CNC(=O)NC(C)(CO)CCC)C1. The second-order valence-corrected chi connectivity index (χ2v) is 6.26. The summed E-state index contributed by atoms with van der Waals surface area (Å²) >= 11 is 0. The average molecular weight is 285 g/mol. The highest BCUT2D eigenvalue weighted by molar-refractivity contribution is 5.74. The molecule has 0 aromatic heterocycles. The van der Waals surface area contributed by atoms with E-state index in [9.17, 15) is 9.90 Å². The van der Waals surface area contributed by atoms with Crippen LogP contribution >= 0.6 is 0 Å². The molecule has 1 fully saturated rings. The van der Waals surface area contributed by atoms with Gasteiger partial charge in [-0.15, -0.1) is 0 Å². The van der Waals surface area contributed by atoms with E-state index >= 15 is 0 Å². The number of nitrogens with zero attached hydrogens (tertiary/aromatic N) is 1. The topological polar surface area (TPSA) is 64.6 Å². The van der Waals surface area contributed by atoms with E-state index in [2.05, 4.69) is 22.5 Å². The number of carbonyl (C=O) groups is 1. The Morgan fingerprint density at radius 3 is 2.75 bits per heavy atom. The number of carbonyl (C=O) groups excluding carboxylic acids is 1. The van der Waals surface area contributed by atoms with Crippen molar-refractivity contribution >= 4 is 6.03 Å². The van der Waals surface area contributed by atoms with Crippen molar-refractivity contribution in [2.45, 2.75) is 52.0 Å². The molecule has 1 rings (SSSR count). The van der Waals surface area contributed by atoms with Crippen molar-refractivity contribution in [3.63, 3.8) is 0 Å². The highest BCUT2D eigenvalue weighted by atomic mass is 16.3. The summed E-state index contributed by atoms with van der Waals surface area (Å²) in [6.07, 6.45) is 4.07. The summed E-state index contributed by atoms with van der Waals surface area (Å²) in [6.45, 7) is 10.2. The number of aliphatic hydroxyl groups is 1. The van der Waals surface area contributed by atoms with E-state index in [-0.39, 0.29) is 12.6 Å². The van der Waals surface area contributed by atoms with Gasteiger partial charge in [0.25, 0.3) is 0 Å². The van der Waals surface area contributed by atoms with E-state index in [1.807, 2.05) is 13.8 Å². The molecule has 0 aromatic rings. The lowest BCUT2D eigenvalue weighted by Crippen LogP contribution is -2.53. The standard InChI is InChI=1S/C15H31N3O2/c1-4-7-15(3,12-19)17-14(20)16-10-13-6-9-18(11-13)8-5-2/h13,19H,4-12H2,1-3H3,(H2,16,17,20). The molecule has 20 heavy (non-hydrogen) atoms. The van der Waals surface area contributed by atoms with E-state index in [4.69, 9.17) is 0 Å². The van der Waals surface area contributed by atoms with Crippen molar-refractivity contribution in [3.8, 4) is 0 Å². The first-order valence-electron chi connectivity index (χ1n) is 7.92. The van der Waals surface area contributed by atoms with Gasteiger partial charge in [0.1, 0.15) is 0 Å². The van der Waals surface area contributed by atoms with E-state index in [0.717, 1.165) is 45.4 Å². The fourth-order valence-electron chi connectivity index (χ4n) is 2.89. The van der Waals surface area contributed by atoms with Crippen molar-refractivity contribution < 1.29 is 9.90 Å². The number of urea groups is 1. The Labute approximate surface area is 123 Å². The Hall–Kier alpha value is -0.810. The zero-order valence-corrected chi connectivity index (χ0v) is 13.2. The normalized spacial score (nSPS) is 22.5.